The fourth-order valence-corrected chi connectivity index (χ4v) is 2.25. The highest BCUT2D eigenvalue weighted by Crippen LogP contribution is 2.33. The van der Waals surface area contributed by atoms with Crippen molar-refractivity contribution >= 4 is 0 Å². The Balaban J connectivity index is 2.01. The Morgan fingerprint density at radius 1 is 1.47 bits per heavy atom. The molecule has 0 bridgehead atoms. The van der Waals surface area contributed by atoms with Crippen LogP contribution in [0.2, 0.25) is 0 Å². The molecule has 1 saturated heterocycles. The summed E-state index contributed by atoms with van der Waals surface area (Å²) in [6.45, 7) is 8.26. The van der Waals surface area contributed by atoms with E-state index in [1.165, 1.54) is 5.56 Å². The molecular formula is C14H22N2O. The van der Waals surface area contributed by atoms with Crippen molar-refractivity contribution < 1.29 is 4.74 Å². The lowest BCUT2D eigenvalue weighted by Crippen LogP contribution is -2.30. The third-order valence-electron chi connectivity index (χ3n) is 3.27. The molecule has 0 radical (unpaired) electrons. The van der Waals surface area contributed by atoms with Gasteiger partial charge in [-0.15, -0.1) is 0 Å². The molecule has 1 aromatic heterocycles. The fourth-order valence-electron chi connectivity index (χ4n) is 2.25. The highest BCUT2D eigenvalue weighted by atomic mass is 16.5. The summed E-state index contributed by atoms with van der Waals surface area (Å²) >= 11 is 0. The predicted octanol–water partition coefficient (Wildman–Crippen LogP) is 2.47. The Bertz CT molecular complexity index is 348. The molecule has 2 rings (SSSR count). The molecule has 0 aliphatic carbocycles. The number of nitrogens with one attached hydrogen (secondary N) is 1. The zero-order valence-electron chi connectivity index (χ0n) is 10.9. The van der Waals surface area contributed by atoms with E-state index in [1.54, 1.807) is 0 Å². The van der Waals surface area contributed by atoms with Gasteiger partial charge in [-0.3, -0.25) is 4.98 Å². The van der Waals surface area contributed by atoms with Gasteiger partial charge in [-0.2, -0.15) is 0 Å². The lowest BCUT2D eigenvalue weighted by molar-refractivity contribution is 0.0898. The summed E-state index contributed by atoms with van der Waals surface area (Å²) in [6.07, 6.45) is 3.31. The van der Waals surface area contributed by atoms with Gasteiger partial charge in [0, 0.05) is 37.0 Å². The Kier molecular flexibility index (Phi) is 4.13. The van der Waals surface area contributed by atoms with Gasteiger partial charge in [0.25, 0.3) is 0 Å². The normalized spacial score (nSPS) is 24.5. The summed E-state index contributed by atoms with van der Waals surface area (Å²) in [5.74, 6) is 0.571. The van der Waals surface area contributed by atoms with Gasteiger partial charge >= 0.3 is 0 Å². The third kappa shape index (κ3) is 3.27. The zero-order chi connectivity index (χ0) is 12.3. The van der Waals surface area contributed by atoms with Crippen LogP contribution in [0.4, 0.5) is 0 Å². The second kappa shape index (κ2) is 5.61. The van der Waals surface area contributed by atoms with Crippen LogP contribution in [0.15, 0.2) is 18.3 Å². The quantitative estimate of drug-likeness (QED) is 0.869. The van der Waals surface area contributed by atoms with Crippen molar-refractivity contribution in [3.8, 4) is 0 Å². The van der Waals surface area contributed by atoms with Gasteiger partial charge < -0.3 is 10.1 Å². The number of hydrogen-bond acceptors (Lipinski definition) is 3. The second-order valence-electron chi connectivity index (χ2n) is 5.14. The summed E-state index contributed by atoms with van der Waals surface area (Å²) in [6, 6.07) is 4.73. The first kappa shape index (κ1) is 12.5. The molecule has 2 atom stereocenters. The average Bonchev–Trinajstić information content (AvgIpc) is 2.75. The minimum Gasteiger partial charge on any atom is -0.373 e. The topological polar surface area (TPSA) is 34.1 Å². The molecule has 3 heteroatoms. The molecule has 1 fully saturated rings. The maximum absolute atomic E-state index is 5.84. The Labute approximate surface area is 104 Å². The first-order valence-electron chi connectivity index (χ1n) is 6.44. The Morgan fingerprint density at radius 3 is 2.94 bits per heavy atom. The summed E-state index contributed by atoms with van der Waals surface area (Å²) in [5.41, 5.74) is 2.27. The van der Waals surface area contributed by atoms with Crippen LogP contribution in [0.3, 0.4) is 0 Å². The molecule has 94 valence electrons. The molecule has 0 saturated carbocycles. The first-order chi connectivity index (χ1) is 8.16. The molecule has 2 unspecified atom stereocenters. The van der Waals surface area contributed by atoms with Crippen LogP contribution < -0.4 is 5.32 Å². The first-order valence-corrected chi connectivity index (χ1v) is 6.44. The van der Waals surface area contributed by atoms with Crippen molar-refractivity contribution in [3.63, 3.8) is 0 Å². The number of pyridine rings is 1. The van der Waals surface area contributed by atoms with Gasteiger partial charge in [0.05, 0.1) is 6.10 Å². The van der Waals surface area contributed by atoms with Crippen molar-refractivity contribution in [1.82, 2.24) is 10.3 Å². The third-order valence-corrected chi connectivity index (χ3v) is 3.27. The molecule has 17 heavy (non-hydrogen) atoms. The van der Waals surface area contributed by atoms with Crippen LogP contribution in [0.5, 0.6) is 0 Å². The maximum Gasteiger partial charge on any atom is 0.0880 e. The average molecular weight is 234 g/mol. The van der Waals surface area contributed by atoms with Crippen molar-refractivity contribution in [2.45, 2.75) is 39.3 Å². The lowest BCUT2D eigenvalue weighted by Gasteiger charge is -2.20. The van der Waals surface area contributed by atoms with Crippen LogP contribution in [0.25, 0.3) is 0 Å². The number of aromatic nitrogens is 1. The van der Waals surface area contributed by atoms with Crippen LogP contribution in [-0.4, -0.2) is 24.2 Å². The van der Waals surface area contributed by atoms with E-state index in [4.69, 9.17) is 4.74 Å². The molecule has 0 aromatic carbocycles. The predicted molar refractivity (Wildman–Crippen MR) is 68.9 cm³/mol. The lowest BCUT2D eigenvalue weighted by atomic mass is 9.96. The van der Waals surface area contributed by atoms with E-state index in [0.717, 1.165) is 25.3 Å². The number of nitrogens with zero attached hydrogens (tertiary/aromatic N) is 1. The Hall–Kier alpha value is -0.930. The van der Waals surface area contributed by atoms with Gasteiger partial charge in [-0.25, -0.2) is 0 Å². The fraction of sp³-hybridized carbons (Fsp3) is 0.643. The van der Waals surface area contributed by atoms with Gasteiger partial charge in [0.15, 0.2) is 0 Å². The summed E-state index contributed by atoms with van der Waals surface area (Å²) < 4.78 is 5.84. The van der Waals surface area contributed by atoms with E-state index in [-0.39, 0.29) is 6.10 Å². The summed E-state index contributed by atoms with van der Waals surface area (Å²) in [5, 5.41) is 3.50. The highest BCUT2D eigenvalue weighted by molar-refractivity contribution is 5.17. The van der Waals surface area contributed by atoms with Crippen molar-refractivity contribution in [2.24, 2.45) is 5.92 Å². The molecule has 1 aromatic rings. The molecule has 1 N–H and O–H groups in total. The highest BCUT2D eigenvalue weighted by Gasteiger charge is 2.29. The Morgan fingerprint density at radius 2 is 2.29 bits per heavy atom. The smallest absolute Gasteiger partial charge is 0.0880 e. The largest absolute Gasteiger partial charge is 0.373 e. The minimum absolute atomic E-state index is 0.217. The van der Waals surface area contributed by atoms with Crippen LogP contribution in [0, 0.1) is 12.8 Å². The van der Waals surface area contributed by atoms with Crippen LogP contribution in [-0.2, 0) is 4.74 Å². The van der Waals surface area contributed by atoms with E-state index in [9.17, 15) is 0 Å². The van der Waals surface area contributed by atoms with Crippen molar-refractivity contribution in [1.29, 1.82) is 0 Å². The standard InChI is InChI=1S/C14H22N2O/c1-10(2)15-8-13-6-7-17-14(13)12-5-4-11(3)16-9-12/h4-5,9-10,13-15H,6-8H2,1-3H3. The second-order valence-corrected chi connectivity index (χ2v) is 5.14. The van der Waals surface area contributed by atoms with Gasteiger partial charge in [-0.1, -0.05) is 19.9 Å². The maximum atomic E-state index is 5.84. The number of hydrogen-bond donors (Lipinski definition) is 1. The molecular weight excluding hydrogens is 212 g/mol. The zero-order valence-corrected chi connectivity index (χ0v) is 10.9. The molecule has 0 amide bonds. The van der Waals surface area contributed by atoms with Crippen molar-refractivity contribution in [3.05, 3.63) is 29.6 Å². The van der Waals surface area contributed by atoms with E-state index < -0.39 is 0 Å². The molecule has 2 heterocycles. The van der Waals surface area contributed by atoms with Gasteiger partial charge in [-0.05, 0) is 25.0 Å². The van der Waals surface area contributed by atoms with Gasteiger partial charge in [0.2, 0.25) is 0 Å². The van der Waals surface area contributed by atoms with E-state index in [2.05, 4.69) is 36.3 Å². The van der Waals surface area contributed by atoms with Crippen molar-refractivity contribution in [2.75, 3.05) is 13.2 Å². The molecule has 0 spiro atoms. The summed E-state index contributed by atoms with van der Waals surface area (Å²) in [4.78, 5) is 4.35. The SMILES string of the molecule is Cc1ccc(C2OCCC2CNC(C)C)cn1. The molecule has 1 aliphatic heterocycles. The van der Waals surface area contributed by atoms with Crippen LogP contribution in [0.1, 0.15) is 37.6 Å². The number of rotatable bonds is 4. The summed E-state index contributed by atoms with van der Waals surface area (Å²) in [7, 11) is 0. The minimum atomic E-state index is 0.217. The molecule has 3 nitrogen and oxygen atoms in total. The monoisotopic (exact) mass is 234 g/mol. The van der Waals surface area contributed by atoms with Gasteiger partial charge in [0.1, 0.15) is 0 Å². The number of ether oxygens (including phenoxy) is 1. The van der Waals surface area contributed by atoms with E-state index in [1.807, 2.05) is 13.1 Å². The van der Waals surface area contributed by atoms with E-state index >= 15 is 0 Å². The van der Waals surface area contributed by atoms with E-state index in [0.29, 0.717) is 12.0 Å². The number of aryl methyl sites for hydroxylation is 1. The molecule has 1 aliphatic rings. The van der Waals surface area contributed by atoms with Crippen LogP contribution >= 0.6 is 0 Å².